The number of carboxylic acids is 1. The lowest BCUT2D eigenvalue weighted by Crippen LogP contribution is -2.25. The molecule has 0 fully saturated rings. The molecule has 0 bridgehead atoms. The Morgan fingerprint density at radius 3 is 1.61 bits per heavy atom. The number of carbonyl (C=O) groups excluding carboxylic acids is 1. The van der Waals surface area contributed by atoms with E-state index in [0.29, 0.717) is 79.0 Å². The van der Waals surface area contributed by atoms with E-state index in [-0.39, 0.29) is 18.7 Å². The second-order valence-electron chi connectivity index (χ2n) is 5.76. The van der Waals surface area contributed by atoms with E-state index in [4.69, 9.17) is 28.8 Å². The van der Waals surface area contributed by atoms with Crippen LogP contribution in [0, 0.1) is 0 Å². The molecule has 0 radical (unpaired) electrons. The fourth-order valence-electron chi connectivity index (χ4n) is 1.87. The van der Waals surface area contributed by atoms with Gasteiger partial charge in [0.1, 0.15) is 0 Å². The molecule has 1 amide bonds. The van der Waals surface area contributed by atoms with Crippen molar-refractivity contribution in [1.82, 2.24) is 10.6 Å². The van der Waals surface area contributed by atoms with Crippen LogP contribution in [0.25, 0.3) is 0 Å². The van der Waals surface area contributed by atoms with E-state index in [0.717, 1.165) is 6.54 Å². The number of rotatable bonds is 22. The van der Waals surface area contributed by atoms with Gasteiger partial charge >= 0.3 is 5.97 Å². The van der Waals surface area contributed by atoms with Crippen molar-refractivity contribution in [3.8, 4) is 0 Å². The zero-order chi connectivity index (χ0) is 20.7. The maximum atomic E-state index is 11.3. The summed E-state index contributed by atoms with van der Waals surface area (Å²) in [7, 11) is 1.88. The number of amides is 1. The zero-order valence-corrected chi connectivity index (χ0v) is 16.9. The lowest BCUT2D eigenvalue weighted by Gasteiger charge is -2.08. The molecular weight excluding hydrogens is 372 g/mol. The average Bonchev–Trinajstić information content (AvgIpc) is 2.68. The van der Waals surface area contributed by atoms with Crippen molar-refractivity contribution in [3.05, 3.63) is 0 Å². The molecule has 0 rings (SSSR count). The standard InChI is InChI=1S/C18H36N2O8/c1-19-6-8-25-10-12-27-14-16-28-15-13-26-11-9-24-7-2-5-20-17(21)3-4-18(22)23/h19H,2-16H2,1H3,(H,20,21)(H,22,23). The Bertz CT molecular complexity index is 371. The maximum Gasteiger partial charge on any atom is 0.303 e. The minimum absolute atomic E-state index is 0.00358. The number of hydrogen-bond acceptors (Lipinski definition) is 8. The largest absolute Gasteiger partial charge is 0.481 e. The number of carboxylic acid groups (broad SMARTS) is 1. The highest BCUT2D eigenvalue weighted by Crippen LogP contribution is 1.89. The van der Waals surface area contributed by atoms with Crippen molar-refractivity contribution in [2.75, 3.05) is 86.2 Å². The Kier molecular flexibility index (Phi) is 21.0. The molecule has 0 aromatic heterocycles. The monoisotopic (exact) mass is 408 g/mol. The summed E-state index contributed by atoms with van der Waals surface area (Å²) in [5, 5.41) is 14.1. The molecule has 0 aliphatic rings. The van der Waals surface area contributed by atoms with Crippen LogP contribution >= 0.6 is 0 Å². The van der Waals surface area contributed by atoms with Crippen LogP contribution in [0.5, 0.6) is 0 Å². The highest BCUT2D eigenvalue weighted by molar-refractivity contribution is 5.80. The molecule has 28 heavy (non-hydrogen) atoms. The van der Waals surface area contributed by atoms with Gasteiger partial charge in [-0.15, -0.1) is 0 Å². The van der Waals surface area contributed by atoms with Crippen molar-refractivity contribution in [2.45, 2.75) is 19.3 Å². The fourth-order valence-corrected chi connectivity index (χ4v) is 1.87. The van der Waals surface area contributed by atoms with E-state index in [1.165, 1.54) is 0 Å². The number of hydrogen-bond donors (Lipinski definition) is 3. The first-order valence-corrected chi connectivity index (χ1v) is 9.68. The predicted octanol–water partition coefficient (Wildman–Crippen LogP) is -0.340. The molecule has 0 unspecified atom stereocenters. The second-order valence-corrected chi connectivity index (χ2v) is 5.76. The van der Waals surface area contributed by atoms with Gasteiger partial charge in [-0.25, -0.2) is 0 Å². The molecule has 0 spiro atoms. The molecule has 3 N–H and O–H groups in total. The number of ether oxygens (including phenoxy) is 5. The van der Waals surface area contributed by atoms with Gasteiger partial charge in [0, 0.05) is 26.1 Å². The van der Waals surface area contributed by atoms with Crippen LogP contribution in [0.15, 0.2) is 0 Å². The summed E-state index contributed by atoms with van der Waals surface area (Å²) >= 11 is 0. The topological polar surface area (TPSA) is 125 Å². The first-order chi connectivity index (χ1) is 13.7. The smallest absolute Gasteiger partial charge is 0.303 e. The van der Waals surface area contributed by atoms with Gasteiger partial charge in [0.2, 0.25) is 5.91 Å². The van der Waals surface area contributed by atoms with Crippen molar-refractivity contribution < 1.29 is 38.4 Å². The molecule has 0 aromatic rings. The Morgan fingerprint density at radius 2 is 1.14 bits per heavy atom. The van der Waals surface area contributed by atoms with Gasteiger partial charge in [0.15, 0.2) is 0 Å². The average molecular weight is 408 g/mol. The Balaban J connectivity index is 3.08. The highest BCUT2D eigenvalue weighted by Gasteiger charge is 2.04. The van der Waals surface area contributed by atoms with E-state index in [1.54, 1.807) is 0 Å². The lowest BCUT2D eigenvalue weighted by atomic mass is 10.3. The zero-order valence-electron chi connectivity index (χ0n) is 16.9. The van der Waals surface area contributed by atoms with Gasteiger partial charge in [-0.05, 0) is 13.5 Å². The molecule has 0 aliphatic carbocycles. The lowest BCUT2D eigenvalue weighted by molar-refractivity contribution is -0.138. The van der Waals surface area contributed by atoms with Crippen LogP contribution < -0.4 is 10.6 Å². The second kappa shape index (κ2) is 22.0. The first kappa shape index (κ1) is 26.7. The fraction of sp³-hybridized carbons (Fsp3) is 0.889. The summed E-state index contributed by atoms with van der Waals surface area (Å²) in [6, 6.07) is 0. The molecule has 10 heteroatoms. The molecule has 0 heterocycles. The van der Waals surface area contributed by atoms with Crippen LogP contribution in [-0.2, 0) is 33.3 Å². The van der Waals surface area contributed by atoms with Gasteiger partial charge < -0.3 is 39.4 Å². The van der Waals surface area contributed by atoms with Crippen LogP contribution in [0.2, 0.25) is 0 Å². The summed E-state index contributed by atoms with van der Waals surface area (Å²) in [4.78, 5) is 21.6. The van der Waals surface area contributed by atoms with Gasteiger partial charge in [-0.1, -0.05) is 0 Å². The van der Waals surface area contributed by atoms with Gasteiger partial charge in [0.05, 0.1) is 65.9 Å². The predicted molar refractivity (Wildman–Crippen MR) is 103 cm³/mol. The van der Waals surface area contributed by atoms with Crippen LogP contribution in [-0.4, -0.2) is 103 Å². The molecule has 166 valence electrons. The third kappa shape index (κ3) is 22.7. The van der Waals surface area contributed by atoms with E-state index >= 15 is 0 Å². The Labute approximate surface area is 167 Å². The number of carbonyl (C=O) groups is 2. The maximum absolute atomic E-state index is 11.3. The van der Waals surface area contributed by atoms with Gasteiger partial charge in [-0.2, -0.15) is 0 Å². The molecular formula is C18H36N2O8. The van der Waals surface area contributed by atoms with Crippen LogP contribution in [0.1, 0.15) is 19.3 Å². The van der Waals surface area contributed by atoms with Crippen molar-refractivity contribution in [2.24, 2.45) is 0 Å². The molecule has 0 atom stereocenters. The van der Waals surface area contributed by atoms with E-state index in [1.807, 2.05) is 7.05 Å². The van der Waals surface area contributed by atoms with E-state index < -0.39 is 5.97 Å². The highest BCUT2D eigenvalue weighted by atomic mass is 16.6. The summed E-state index contributed by atoms with van der Waals surface area (Å²) in [6.07, 6.45) is 0.522. The summed E-state index contributed by atoms with van der Waals surface area (Å²) in [5.74, 6) is -1.23. The normalized spacial score (nSPS) is 10.9. The van der Waals surface area contributed by atoms with E-state index in [9.17, 15) is 9.59 Å². The summed E-state index contributed by atoms with van der Waals surface area (Å²) in [6.45, 7) is 6.66. The number of aliphatic carboxylic acids is 1. The molecule has 10 nitrogen and oxygen atoms in total. The van der Waals surface area contributed by atoms with Crippen molar-refractivity contribution in [3.63, 3.8) is 0 Å². The summed E-state index contributed by atoms with van der Waals surface area (Å²) < 4.78 is 26.8. The molecule has 0 aromatic carbocycles. The van der Waals surface area contributed by atoms with Gasteiger partial charge in [0.25, 0.3) is 0 Å². The van der Waals surface area contributed by atoms with E-state index in [2.05, 4.69) is 10.6 Å². The SMILES string of the molecule is CNCCOCCOCCOCCOCCOCCCNC(=O)CCC(=O)O. The molecule has 0 aliphatic heterocycles. The summed E-state index contributed by atoms with van der Waals surface area (Å²) in [5.41, 5.74) is 0. The Morgan fingerprint density at radius 1 is 0.679 bits per heavy atom. The minimum Gasteiger partial charge on any atom is -0.481 e. The first-order valence-electron chi connectivity index (χ1n) is 9.68. The third-order valence-electron chi connectivity index (χ3n) is 3.34. The van der Waals surface area contributed by atoms with Crippen molar-refractivity contribution in [1.29, 1.82) is 0 Å². The van der Waals surface area contributed by atoms with Crippen LogP contribution in [0.4, 0.5) is 0 Å². The number of nitrogens with one attached hydrogen (secondary N) is 2. The van der Waals surface area contributed by atoms with Crippen molar-refractivity contribution >= 4 is 11.9 Å². The number of likely N-dealkylation sites (N-methyl/N-ethyl adjacent to an activating group) is 1. The quantitative estimate of drug-likeness (QED) is 0.206. The third-order valence-corrected chi connectivity index (χ3v) is 3.34. The van der Waals surface area contributed by atoms with Crippen LogP contribution in [0.3, 0.4) is 0 Å². The molecule has 0 saturated heterocycles. The molecule has 0 saturated carbocycles. The van der Waals surface area contributed by atoms with Gasteiger partial charge in [-0.3, -0.25) is 9.59 Å². The minimum atomic E-state index is -0.974. The Hall–Kier alpha value is -1.30.